The topological polar surface area (TPSA) is 35.3 Å². The zero-order valence-electron chi connectivity index (χ0n) is 11.8. The Morgan fingerprint density at radius 2 is 2.09 bits per heavy atom. The fraction of sp³-hybridized carbons (Fsp3) is 0.500. The number of fused-ring (bicyclic) bond motifs is 1. The number of halogens is 5. The fourth-order valence-electron chi connectivity index (χ4n) is 2.15. The molecule has 122 valence electrons. The molecular weight excluding hydrogens is 431 g/mol. The average molecular weight is 445 g/mol. The molecule has 0 aliphatic heterocycles. The van der Waals surface area contributed by atoms with Crippen LogP contribution in [0.3, 0.4) is 0 Å². The van der Waals surface area contributed by atoms with E-state index in [0.29, 0.717) is 28.8 Å². The maximum absolute atomic E-state index is 13.0. The highest BCUT2D eigenvalue weighted by molar-refractivity contribution is 9.10. The third-order valence-corrected chi connectivity index (χ3v) is 4.21. The number of ether oxygens (including phenoxy) is 1. The van der Waals surface area contributed by atoms with Crippen molar-refractivity contribution in [3.8, 4) is 5.75 Å². The van der Waals surface area contributed by atoms with E-state index in [9.17, 15) is 13.2 Å². The number of aryl methyl sites for hydroxylation is 1. The van der Waals surface area contributed by atoms with Gasteiger partial charge < -0.3 is 9.26 Å². The number of alkyl halides is 4. The van der Waals surface area contributed by atoms with Crippen molar-refractivity contribution >= 4 is 42.8 Å². The molecule has 0 aliphatic rings. The molecule has 8 heteroatoms. The van der Waals surface area contributed by atoms with Gasteiger partial charge >= 0.3 is 6.18 Å². The highest BCUT2D eigenvalue weighted by atomic mass is 79.9. The second-order valence-corrected chi connectivity index (χ2v) is 6.36. The SMILES string of the molecule is CCCc1c(OCCCBr)c(Br)cc2c(C(F)(F)F)noc12. The van der Waals surface area contributed by atoms with Gasteiger partial charge in [-0.2, -0.15) is 13.2 Å². The molecule has 0 amide bonds. The predicted octanol–water partition coefficient (Wildman–Crippen LogP) is 5.73. The predicted molar refractivity (Wildman–Crippen MR) is 84.6 cm³/mol. The van der Waals surface area contributed by atoms with Crippen molar-refractivity contribution in [2.24, 2.45) is 0 Å². The van der Waals surface area contributed by atoms with E-state index in [0.717, 1.165) is 18.2 Å². The Bertz CT molecular complexity index is 656. The lowest BCUT2D eigenvalue weighted by atomic mass is 10.0. The van der Waals surface area contributed by atoms with Crippen molar-refractivity contribution in [3.05, 3.63) is 21.8 Å². The first-order valence-electron chi connectivity index (χ1n) is 6.76. The first kappa shape index (κ1) is 17.6. The molecule has 2 rings (SSSR count). The molecule has 0 aliphatic carbocycles. The quantitative estimate of drug-likeness (QED) is 0.421. The number of benzene rings is 1. The maximum atomic E-state index is 13.0. The van der Waals surface area contributed by atoms with Crippen LogP contribution in [0.5, 0.6) is 5.75 Å². The molecule has 0 saturated carbocycles. The monoisotopic (exact) mass is 443 g/mol. The Morgan fingerprint density at radius 1 is 1.36 bits per heavy atom. The number of hydrogen-bond acceptors (Lipinski definition) is 3. The first-order valence-corrected chi connectivity index (χ1v) is 8.68. The normalized spacial score (nSPS) is 12.1. The Balaban J connectivity index is 2.57. The van der Waals surface area contributed by atoms with Crippen LogP contribution >= 0.6 is 31.9 Å². The zero-order valence-corrected chi connectivity index (χ0v) is 14.9. The van der Waals surface area contributed by atoms with Gasteiger partial charge in [0.05, 0.1) is 16.5 Å². The third-order valence-electron chi connectivity index (χ3n) is 3.06. The van der Waals surface area contributed by atoms with Gasteiger partial charge in [-0.3, -0.25) is 0 Å². The minimum absolute atomic E-state index is 0.0457. The summed E-state index contributed by atoms with van der Waals surface area (Å²) < 4.78 is 50.1. The molecule has 3 nitrogen and oxygen atoms in total. The minimum atomic E-state index is -4.55. The lowest BCUT2D eigenvalue weighted by Gasteiger charge is -2.13. The van der Waals surface area contributed by atoms with Gasteiger partial charge in [0.2, 0.25) is 0 Å². The van der Waals surface area contributed by atoms with Crippen LogP contribution < -0.4 is 4.74 Å². The van der Waals surface area contributed by atoms with Crippen LogP contribution in [0.1, 0.15) is 31.0 Å². The zero-order chi connectivity index (χ0) is 16.3. The smallest absolute Gasteiger partial charge is 0.437 e. The largest absolute Gasteiger partial charge is 0.492 e. The molecule has 0 atom stereocenters. The Hall–Kier alpha value is -0.760. The summed E-state index contributed by atoms with van der Waals surface area (Å²) in [6, 6.07) is 1.36. The summed E-state index contributed by atoms with van der Waals surface area (Å²) in [7, 11) is 0. The second kappa shape index (κ2) is 7.21. The number of nitrogens with zero attached hydrogens (tertiary/aromatic N) is 1. The summed E-state index contributed by atoms with van der Waals surface area (Å²) in [5.74, 6) is 0.528. The fourth-order valence-corrected chi connectivity index (χ4v) is 2.97. The summed E-state index contributed by atoms with van der Waals surface area (Å²) in [5.41, 5.74) is -0.247. The maximum Gasteiger partial charge on any atom is 0.437 e. The van der Waals surface area contributed by atoms with Crippen LogP contribution in [-0.2, 0) is 12.6 Å². The van der Waals surface area contributed by atoms with Crippen molar-refractivity contribution in [2.75, 3.05) is 11.9 Å². The Labute approximate surface area is 142 Å². The van der Waals surface area contributed by atoms with Gasteiger partial charge in [0, 0.05) is 10.9 Å². The summed E-state index contributed by atoms with van der Waals surface area (Å²) in [6.45, 7) is 2.41. The molecule has 1 aromatic heterocycles. The van der Waals surface area contributed by atoms with Crippen molar-refractivity contribution in [2.45, 2.75) is 32.4 Å². The highest BCUT2D eigenvalue weighted by Gasteiger charge is 2.38. The molecule has 22 heavy (non-hydrogen) atoms. The van der Waals surface area contributed by atoms with E-state index in [4.69, 9.17) is 9.26 Å². The molecule has 1 aromatic carbocycles. The van der Waals surface area contributed by atoms with Crippen LogP contribution in [0.25, 0.3) is 11.0 Å². The van der Waals surface area contributed by atoms with Crippen LogP contribution in [0, 0.1) is 0 Å². The summed E-state index contributed by atoms with van der Waals surface area (Å²) in [4.78, 5) is 0. The van der Waals surface area contributed by atoms with Crippen LogP contribution in [0.4, 0.5) is 13.2 Å². The summed E-state index contributed by atoms with van der Waals surface area (Å²) >= 11 is 6.61. The van der Waals surface area contributed by atoms with Gasteiger partial charge in [0.1, 0.15) is 5.75 Å². The van der Waals surface area contributed by atoms with Crippen LogP contribution in [0.15, 0.2) is 15.1 Å². The molecule has 0 unspecified atom stereocenters. The molecule has 0 fully saturated rings. The molecule has 0 spiro atoms. The molecule has 0 radical (unpaired) electrons. The van der Waals surface area contributed by atoms with Crippen molar-refractivity contribution in [1.82, 2.24) is 5.16 Å². The lowest BCUT2D eigenvalue weighted by molar-refractivity contribution is -0.141. The van der Waals surface area contributed by atoms with Gasteiger partial charge in [-0.25, -0.2) is 0 Å². The van der Waals surface area contributed by atoms with Crippen LogP contribution in [-0.4, -0.2) is 17.1 Å². The first-order chi connectivity index (χ1) is 10.4. The number of aromatic nitrogens is 1. The molecule has 0 saturated heterocycles. The van der Waals surface area contributed by atoms with Gasteiger partial charge in [0.15, 0.2) is 11.3 Å². The van der Waals surface area contributed by atoms with E-state index in [1.807, 2.05) is 6.92 Å². The summed E-state index contributed by atoms with van der Waals surface area (Å²) in [5, 5.41) is 3.95. The van der Waals surface area contributed by atoms with Gasteiger partial charge in [-0.05, 0) is 34.8 Å². The molecular formula is C14H14Br2F3NO2. The number of hydrogen-bond donors (Lipinski definition) is 0. The van der Waals surface area contributed by atoms with Crippen LogP contribution in [0.2, 0.25) is 0 Å². The van der Waals surface area contributed by atoms with Crippen molar-refractivity contribution in [3.63, 3.8) is 0 Å². The number of rotatable bonds is 6. The van der Waals surface area contributed by atoms with Crippen molar-refractivity contribution < 1.29 is 22.4 Å². The molecule has 0 N–H and O–H groups in total. The van der Waals surface area contributed by atoms with E-state index < -0.39 is 11.9 Å². The van der Waals surface area contributed by atoms with E-state index in [1.54, 1.807) is 0 Å². The van der Waals surface area contributed by atoms with E-state index in [1.165, 1.54) is 6.07 Å². The Morgan fingerprint density at radius 3 is 2.68 bits per heavy atom. The molecule has 1 heterocycles. The van der Waals surface area contributed by atoms with Gasteiger partial charge in [0.25, 0.3) is 0 Å². The van der Waals surface area contributed by atoms with E-state index >= 15 is 0 Å². The molecule has 2 aromatic rings. The van der Waals surface area contributed by atoms with E-state index in [2.05, 4.69) is 37.0 Å². The third kappa shape index (κ3) is 3.59. The highest BCUT2D eigenvalue weighted by Crippen LogP contribution is 2.42. The van der Waals surface area contributed by atoms with Crippen molar-refractivity contribution in [1.29, 1.82) is 0 Å². The van der Waals surface area contributed by atoms with Gasteiger partial charge in [-0.1, -0.05) is 34.4 Å². The minimum Gasteiger partial charge on any atom is -0.492 e. The Kier molecular flexibility index (Phi) is 5.76. The average Bonchev–Trinajstić information content (AvgIpc) is 2.85. The second-order valence-electron chi connectivity index (χ2n) is 4.71. The standard InChI is InChI=1S/C14H14Br2F3NO2/c1-2-4-8-11-9(13(20-22-11)14(17,18)19)7-10(16)12(8)21-6-3-5-15/h7H,2-6H2,1H3. The lowest BCUT2D eigenvalue weighted by Crippen LogP contribution is -2.06. The van der Waals surface area contributed by atoms with Gasteiger partial charge in [-0.15, -0.1) is 0 Å². The van der Waals surface area contributed by atoms with E-state index in [-0.39, 0.29) is 11.0 Å². The summed E-state index contributed by atoms with van der Waals surface area (Å²) in [6.07, 6.45) is -2.46. The molecule has 0 bridgehead atoms.